The summed E-state index contributed by atoms with van der Waals surface area (Å²) in [6.45, 7) is 1.00. The van der Waals surface area contributed by atoms with Crippen LogP contribution in [0, 0.1) is 5.92 Å². The zero-order valence-electron chi connectivity index (χ0n) is 12.9. The average Bonchev–Trinajstić information content (AvgIpc) is 2.96. The fourth-order valence-electron chi connectivity index (χ4n) is 2.42. The summed E-state index contributed by atoms with van der Waals surface area (Å²) < 4.78 is 0. The van der Waals surface area contributed by atoms with Gasteiger partial charge in [0.1, 0.15) is 0 Å². The number of ketones is 2. The number of amides is 1. The van der Waals surface area contributed by atoms with E-state index < -0.39 is 35.5 Å². The molecule has 1 amide bonds. The van der Waals surface area contributed by atoms with E-state index in [4.69, 9.17) is 22.9 Å². The molecule has 23 heavy (non-hydrogen) atoms. The van der Waals surface area contributed by atoms with Gasteiger partial charge in [-0.1, -0.05) is 0 Å². The van der Waals surface area contributed by atoms with E-state index in [1.54, 1.807) is 0 Å². The fraction of sp³-hybridized carbons (Fsp3) is 0.692. The normalized spacial score (nSPS) is 19.3. The second-order valence-electron chi connectivity index (χ2n) is 5.34. The third-order valence-corrected chi connectivity index (χ3v) is 3.59. The average molecular weight is 349 g/mol. The summed E-state index contributed by atoms with van der Waals surface area (Å²) in [7, 11) is 0. The number of halogens is 1. The lowest BCUT2D eigenvalue weighted by atomic mass is 9.88. The minimum Gasteiger partial charge on any atom is -0.370 e. The number of carbonyl (C=O) groups is 3. The Bertz CT molecular complexity index is 461. The summed E-state index contributed by atoms with van der Waals surface area (Å²) >= 11 is 0. The maximum atomic E-state index is 12.3. The lowest BCUT2D eigenvalue weighted by molar-refractivity contribution is -0.141. The van der Waals surface area contributed by atoms with Crippen molar-refractivity contribution in [3.05, 3.63) is 0 Å². The number of nitrogens with one attached hydrogen (secondary N) is 1. The van der Waals surface area contributed by atoms with Crippen molar-refractivity contribution in [2.75, 3.05) is 13.1 Å². The number of primary amides is 1. The van der Waals surface area contributed by atoms with Crippen LogP contribution in [0.25, 0.3) is 0 Å². The van der Waals surface area contributed by atoms with Crippen LogP contribution in [-0.2, 0) is 14.4 Å². The summed E-state index contributed by atoms with van der Waals surface area (Å²) in [5.74, 6) is -3.62. The van der Waals surface area contributed by atoms with Gasteiger partial charge in [0.25, 0.3) is 0 Å². The summed E-state index contributed by atoms with van der Waals surface area (Å²) in [6, 6.07) is -1.45. The third-order valence-electron chi connectivity index (χ3n) is 3.59. The molecule has 1 aliphatic heterocycles. The Morgan fingerprint density at radius 3 is 2.35 bits per heavy atom. The molecule has 132 valence electrons. The van der Waals surface area contributed by atoms with Crippen molar-refractivity contribution < 1.29 is 14.4 Å². The highest BCUT2D eigenvalue weighted by Gasteiger charge is 2.39. The van der Waals surface area contributed by atoms with Crippen molar-refractivity contribution in [3.63, 3.8) is 0 Å². The van der Waals surface area contributed by atoms with Crippen LogP contribution >= 0.6 is 12.4 Å². The molecule has 9 nitrogen and oxygen atoms in total. The van der Waals surface area contributed by atoms with Gasteiger partial charge in [-0.25, -0.2) is 0 Å². The monoisotopic (exact) mass is 348 g/mol. The fourth-order valence-corrected chi connectivity index (χ4v) is 2.42. The highest BCUT2D eigenvalue weighted by molar-refractivity contribution is 6.21. The highest BCUT2D eigenvalue weighted by Crippen LogP contribution is 2.14. The van der Waals surface area contributed by atoms with Crippen molar-refractivity contribution in [1.29, 1.82) is 0 Å². The molecule has 3 atom stereocenters. The quantitative estimate of drug-likeness (QED) is 0.135. The summed E-state index contributed by atoms with van der Waals surface area (Å²) in [6.07, 6.45) is 2.15. The maximum Gasteiger partial charge on any atom is 0.235 e. The van der Waals surface area contributed by atoms with E-state index in [2.05, 4.69) is 10.3 Å². The molecule has 0 aromatic heterocycles. The molecule has 1 heterocycles. The Morgan fingerprint density at radius 1 is 1.22 bits per heavy atom. The molecule has 0 aliphatic carbocycles. The first kappa shape index (κ1) is 21.3. The van der Waals surface area contributed by atoms with Gasteiger partial charge < -0.3 is 28.3 Å². The zero-order chi connectivity index (χ0) is 16.7. The predicted octanol–water partition coefficient (Wildman–Crippen LogP) is -2.22. The van der Waals surface area contributed by atoms with Crippen LogP contribution in [0.2, 0.25) is 0 Å². The van der Waals surface area contributed by atoms with Gasteiger partial charge in [-0.15, -0.1) is 12.4 Å². The van der Waals surface area contributed by atoms with E-state index in [0.717, 1.165) is 6.42 Å². The van der Waals surface area contributed by atoms with Crippen molar-refractivity contribution in [1.82, 2.24) is 5.32 Å². The summed E-state index contributed by atoms with van der Waals surface area (Å²) in [5.41, 5.74) is 21.4. The number of hydrogen-bond donors (Lipinski definition) is 5. The Kier molecular flexibility index (Phi) is 9.38. The summed E-state index contributed by atoms with van der Waals surface area (Å²) in [4.78, 5) is 39.8. The van der Waals surface area contributed by atoms with Gasteiger partial charge in [-0.05, 0) is 32.2 Å². The smallest absolute Gasteiger partial charge is 0.235 e. The van der Waals surface area contributed by atoms with Gasteiger partial charge in [0.2, 0.25) is 5.91 Å². The molecule has 1 unspecified atom stereocenters. The van der Waals surface area contributed by atoms with Crippen LogP contribution in [0.3, 0.4) is 0 Å². The number of Topliss-reactive ketones (excluding diaryl/α,β-unsaturated/α-hetero) is 2. The molecule has 0 radical (unpaired) electrons. The number of hydrogen-bond acceptors (Lipinski definition) is 6. The van der Waals surface area contributed by atoms with Crippen molar-refractivity contribution in [2.45, 2.75) is 37.8 Å². The van der Waals surface area contributed by atoms with Crippen molar-refractivity contribution in [2.24, 2.45) is 33.8 Å². The van der Waals surface area contributed by atoms with E-state index in [9.17, 15) is 14.4 Å². The van der Waals surface area contributed by atoms with Gasteiger partial charge >= 0.3 is 0 Å². The van der Waals surface area contributed by atoms with Gasteiger partial charge in [-0.3, -0.25) is 19.4 Å². The van der Waals surface area contributed by atoms with E-state index in [0.29, 0.717) is 25.9 Å². The highest BCUT2D eigenvalue weighted by atomic mass is 35.5. The topological polar surface area (TPSA) is 180 Å². The number of nitrogens with zero attached hydrogens (tertiary/aromatic N) is 1. The molecular weight excluding hydrogens is 324 g/mol. The second kappa shape index (κ2) is 10.1. The SMILES string of the molecule is Cl.NC(=O)C(C(=O)[C@@H](N)CCCN=C(N)N)C(=O)[C@H]1CCCN1. The summed E-state index contributed by atoms with van der Waals surface area (Å²) in [5, 5.41) is 2.95. The van der Waals surface area contributed by atoms with Gasteiger partial charge in [0.15, 0.2) is 23.4 Å². The Labute approximate surface area is 141 Å². The third kappa shape index (κ3) is 6.51. The molecule has 0 saturated carbocycles. The molecule has 1 fully saturated rings. The maximum absolute atomic E-state index is 12.3. The van der Waals surface area contributed by atoms with Crippen LogP contribution in [0.15, 0.2) is 4.99 Å². The lowest BCUT2D eigenvalue weighted by Crippen LogP contribution is -2.50. The predicted molar refractivity (Wildman–Crippen MR) is 88.9 cm³/mol. The molecule has 10 heteroatoms. The molecule has 9 N–H and O–H groups in total. The van der Waals surface area contributed by atoms with E-state index in [-0.39, 0.29) is 24.8 Å². The van der Waals surface area contributed by atoms with Crippen LogP contribution in [0.1, 0.15) is 25.7 Å². The number of guanidine groups is 1. The standard InChI is InChI=1S/C13H24N6O3.ClH/c14-7(3-1-6-19-13(16)17)10(20)9(12(15)22)11(21)8-4-2-5-18-8;/h7-9,18H,1-6,14H2,(H2,15,22)(H4,16,17,19);1H/t7-,8+,9?;/m0./s1. The van der Waals surface area contributed by atoms with Gasteiger partial charge in [-0.2, -0.15) is 0 Å². The Morgan fingerprint density at radius 2 is 1.87 bits per heavy atom. The molecule has 0 aromatic rings. The van der Waals surface area contributed by atoms with E-state index >= 15 is 0 Å². The molecule has 0 bridgehead atoms. The lowest BCUT2D eigenvalue weighted by Gasteiger charge is -2.19. The Balaban J connectivity index is 0.00000484. The number of carbonyl (C=O) groups excluding carboxylic acids is 3. The Hall–Kier alpha value is -1.71. The van der Waals surface area contributed by atoms with Crippen LogP contribution in [0.4, 0.5) is 0 Å². The van der Waals surface area contributed by atoms with Crippen LogP contribution < -0.4 is 28.3 Å². The molecule has 0 aromatic carbocycles. The van der Waals surface area contributed by atoms with Gasteiger partial charge in [0, 0.05) is 6.54 Å². The number of rotatable bonds is 9. The number of nitrogens with two attached hydrogens (primary N) is 4. The first-order valence-corrected chi connectivity index (χ1v) is 7.25. The van der Waals surface area contributed by atoms with Crippen molar-refractivity contribution >= 4 is 35.8 Å². The molecular formula is C13H25ClN6O3. The zero-order valence-corrected chi connectivity index (χ0v) is 13.7. The first-order valence-electron chi connectivity index (χ1n) is 7.25. The molecule has 1 rings (SSSR count). The van der Waals surface area contributed by atoms with Crippen molar-refractivity contribution in [3.8, 4) is 0 Å². The molecule has 1 aliphatic rings. The minimum atomic E-state index is -1.49. The number of aliphatic imine (C=N–C) groups is 1. The van der Waals surface area contributed by atoms with Crippen LogP contribution in [-0.4, -0.2) is 48.6 Å². The van der Waals surface area contributed by atoms with E-state index in [1.165, 1.54) is 0 Å². The first-order chi connectivity index (χ1) is 10.3. The second-order valence-corrected chi connectivity index (χ2v) is 5.34. The molecule has 0 spiro atoms. The minimum absolute atomic E-state index is 0. The van der Waals surface area contributed by atoms with Gasteiger partial charge in [0.05, 0.1) is 12.1 Å². The van der Waals surface area contributed by atoms with Crippen LogP contribution in [0.5, 0.6) is 0 Å². The molecule has 1 saturated heterocycles. The van der Waals surface area contributed by atoms with E-state index in [1.807, 2.05) is 0 Å². The largest absolute Gasteiger partial charge is 0.370 e.